The van der Waals surface area contributed by atoms with Crippen molar-refractivity contribution >= 4 is 0 Å². The molecule has 0 aromatic heterocycles. The zero-order chi connectivity index (χ0) is 16.8. The zero-order valence-corrected chi connectivity index (χ0v) is 16.5. The van der Waals surface area contributed by atoms with Crippen molar-refractivity contribution < 1.29 is 0 Å². The molecule has 0 heterocycles. The van der Waals surface area contributed by atoms with E-state index in [0.717, 1.165) is 0 Å². The number of hydrogen-bond donors (Lipinski definition) is 1. The van der Waals surface area contributed by atoms with Gasteiger partial charge in [0.25, 0.3) is 0 Å². The molecule has 0 fully saturated rings. The molecule has 0 saturated carbocycles. The SMILES string of the molecule is CCCCC[CH]NCCCCCCCCCCCCCCCC. The maximum Gasteiger partial charge on any atom is 0.0221 e. The normalized spacial score (nSPS) is 11.2. The van der Waals surface area contributed by atoms with Crippen molar-refractivity contribution in [2.24, 2.45) is 0 Å². The first-order valence-corrected chi connectivity index (χ1v) is 11.0. The van der Waals surface area contributed by atoms with Crippen LogP contribution in [-0.2, 0) is 0 Å². The lowest BCUT2D eigenvalue weighted by molar-refractivity contribution is 0.532. The lowest BCUT2D eigenvalue weighted by Gasteiger charge is -2.05. The largest absolute Gasteiger partial charge is 0.312 e. The van der Waals surface area contributed by atoms with Gasteiger partial charge in [-0.15, -0.1) is 0 Å². The maximum absolute atomic E-state index is 3.46. The first-order chi connectivity index (χ1) is 11.4. The van der Waals surface area contributed by atoms with Gasteiger partial charge >= 0.3 is 0 Å². The van der Waals surface area contributed by atoms with Crippen molar-refractivity contribution in [1.29, 1.82) is 0 Å². The van der Waals surface area contributed by atoms with Crippen LogP contribution in [0, 0.1) is 6.54 Å². The maximum atomic E-state index is 3.46. The Morgan fingerprint density at radius 3 is 1.35 bits per heavy atom. The van der Waals surface area contributed by atoms with E-state index in [0.29, 0.717) is 0 Å². The van der Waals surface area contributed by atoms with Gasteiger partial charge in [-0.25, -0.2) is 0 Å². The highest BCUT2D eigenvalue weighted by atomic mass is 14.8. The van der Waals surface area contributed by atoms with Gasteiger partial charge in [-0.1, -0.05) is 117 Å². The Balaban J connectivity index is 2.92. The molecule has 0 bridgehead atoms. The van der Waals surface area contributed by atoms with Crippen LogP contribution >= 0.6 is 0 Å². The predicted octanol–water partition coefficient (Wildman–Crippen LogP) is 7.80. The highest BCUT2D eigenvalue weighted by Gasteiger charge is 1.94. The summed E-state index contributed by atoms with van der Waals surface area (Å²) < 4.78 is 0. The summed E-state index contributed by atoms with van der Waals surface area (Å²) in [7, 11) is 0. The van der Waals surface area contributed by atoms with Crippen LogP contribution in [-0.4, -0.2) is 6.54 Å². The van der Waals surface area contributed by atoms with Crippen molar-refractivity contribution in [2.45, 2.75) is 129 Å². The topological polar surface area (TPSA) is 12.0 Å². The lowest BCUT2D eigenvalue weighted by Crippen LogP contribution is -2.11. The molecule has 0 aliphatic heterocycles. The van der Waals surface area contributed by atoms with Gasteiger partial charge in [-0.05, 0) is 19.4 Å². The fourth-order valence-electron chi connectivity index (χ4n) is 3.12. The molecule has 1 radical (unpaired) electrons. The van der Waals surface area contributed by atoms with Gasteiger partial charge in [0, 0.05) is 6.54 Å². The number of unbranched alkanes of at least 4 members (excludes halogenated alkanes) is 16. The molecular formula is C22H46N. The molecule has 0 aliphatic rings. The second-order valence-electron chi connectivity index (χ2n) is 7.25. The second-order valence-corrected chi connectivity index (χ2v) is 7.25. The fraction of sp³-hybridized carbons (Fsp3) is 0.955. The second kappa shape index (κ2) is 22.0. The van der Waals surface area contributed by atoms with Crippen molar-refractivity contribution in [3.05, 3.63) is 6.54 Å². The molecule has 0 spiro atoms. The zero-order valence-electron chi connectivity index (χ0n) is 16.5. The van der Waals surface area contributed by atoms with E-state index in [2.05, 4.69) is 25.7 Å². The van der Waals surface area contributed by atoms with Crippen LogP contribution in [0.1, 0.15) is 129 Å². The Hall–Kier alpha value is -0.0400. The summed E-state index contributed by atoms with van der Waals surface area (Å²) >= 11 is 0. The summed E-state index contributed by atoms with van der Waals surface area (Å²) in [5, 5.41) is 3.46. The summed E-state index contributed by atoms with van der Waals surface area (Å²) in [4.78, 5) is 0. The van der Waals surface area contributed by atoms with Crippen LogP contribution in [0.3, 0.4) is 0 Å². The van der Waals surface area contributed by atoms with Gasteiger partial charge in [-0.2, -0.15) is 0 Å². The Morgan fingerprint density at radius 1 is 0.478 bits per heavy atom. The molecule has 0 unspecified atom stereocenters. The molecule has 23 heavy (non-hydrogen) atoms. The molecule has 0 aromatic rings. The van der Waals surface area contributed by atoms with E-state index in [1.807, 2.05) is 0 Å². The highest BCUT2D eigenvalue weighted by Crippen LogP contribution is 2.12. The van der Waals surface area contributed by atoms with E-state index in [1.165, 1.54) is 122 Å². The van der Waals surface area contributed by atoms with Crippen LogP contribution < -0.4 is 5.32 Å². The van der Waals surface area contributed by atoms with Crippen LogP contribution in [0.2, 0.25) is 0 Å². The van der Waals surface area contributed by atoms with Gasteiger partial charge in [0.2, 0.25) is 0 Å². The van der Waals surface area contributed by atoms with Gasteiger partial charge in [0.15, 0.2) is 0 Å². The molecule has 0 rings (SSSR count). The summed E-state index contributed by atoms with van der Waals surface area (Å²) in [6, 6.07) is 0. The van der Waals surface area contributed by atoms with Crippen molar-refractivity contribution in [3.63, 3.8) is 0 Å². The van der Waals surface area contributed by atoms with Crippen LogP contribution in [0.15, 0.2) is 0 Å². The fourth-order valence-corrected chi connectivity index (χ4v) is 3.12. The third-order valence-corrected chi connectivity index (χ3v) is 4.77. The van der Waals surface area contributed by atoms with Crippen LogP contribution in [0.25, 0.3) is 0 Å². The molecule has 0 aromatic carbocycles. The smallest absolute Gasteiger partial charge is 0.0221 e. The van der Waals surface area contributed by atoms with E-state index in [9.17, 15) is 0 Å². The van der Waals surface area contributed by atoms with Crippen molar-refractivity contribution in [2.75, 3.05) is 6.54 Å². The Kier molecular flexibility index (Phi) is 21.9. The summed E-state index contributed by atoms with van der Waals surface area (Å²) in [5.41, 5.74) is 0. The number of nitrogens with one attached hydrogen (secondary N) is 1. The van der Waals surface area contributed by atoms with Gasteiger partial charge in [0.05, 0.1) is 0 Å². The van der Waals surface area contributed by atoms with Gasteiger partial charge in [0.1, 0.15) is 0 Å². The molecule has 139 valence electrons. The minimum absolute atomic E-state index is 1.18. The molecule has 1 N–H and O–H groups in total. The Morgan fingerprint density at radius 2 is 0.870 bits per heavy atom. The minimum atomic E-state index is 1.18. The molecule has 0 saturated heterocycles. The van der Waals surface area contributed by atoms with Gasteiger partial charge in [-0.3, -0.25) is 0 Å². The lowest BCUT2D eigenvalue weighted by atomic mass is 10.0. The highest BCUT2D eigenvalue weighted by molar-refractivity contribution is 4.61. The summed E-state index contributed by atoms with van der Waals surface area (Å²) in [6.45, 7) is 8.02. The predicted molar refractivity (Wildman–Crippen MR) is 107 cm³/mol. The number of hydrogen-bond acceptors (Lipinski definition) is 1. The van der Waals surface area contributed by atoms with E-state index in [1.54, 1.807) is 0 Å². The molecular weight excluding hydrogens is 278 g/mol. The molecule has 0 aliphatic carbocycles. The molecule has 0 amide bonds. The first-order valence-electron chi connectivity index (χ1n) is 11.0. The van der Waals surface area contributed by atoms with Crippen molar-refractivity contribution in [3.8, 4) is 0 Å². The Labute approximate surface area is 148 Å². The average molecular weight is 325 g/mol. The molecule has 1 heteroatoms. The average Bonchev–Trinajstić information content (AvgIpc) is 2.57. The van der Waals surface area contributed by atoms with E-state index >= 15 is 0 Å². The summed E-state index contributed by atoms with van der Waals surface area (Å²) in [6.07, 6.45) is 25.5. The van der Waals surface area contributed by atoms with Crippen molar-refractivity contribution in [1.82, 2.24) is 5.32 Å². The van der Waals surface area contributed by atoms with E-state index < -0.39 is 0 Å². The number of rotatable bonds is 20. The van der Waals surface area contributed by atoms with Crippen LogP contribution in [0.5, 0.6) is 0 Å². The Bertz CT molecular complexity index is 170. The monoisotopic (exact) mass is 324 g/mol. The third-order valence-electron chi connectivity index (χ3n) is 4.77. The van der Waals surface area contributed by atoms with E-state index in [-0.39, 0.29) is 0 Å². The quantitative estimate of drug-likeness (QED) is 0.225. The molecule has 1 nitrogen and oxygen atoms in total. The van der Waals surface area contributed by atoms with Gasteiger partial charge < -0.3 is 5.32 Å². The standard InChI is InChI=1S/C22H46N/c1-3-5-7-9-10-11-12-13-14-15-16-17-18-20-22-23-21-19-8-6-4-2/h21,23H,3-20,22H2,1-2H3. The first kappa shape index (κ1) is 23.0. The summed E-state index contributed by atoms with van der Waals surface area (Å²) in [5.74, 6) is 0. The third kappa shape index (κ3) is 22.0. The van der Waals surface area contributed by atoms with Crippen LogP contribution in [0.4, 0.5) is 0 Å². The van der Waals surface area contributed by atoms with E-state index in [4.69, 9.17) is 0 Å². The molecule has 0 atom stereocenters. The minimum Gasteiger partial charge on any atom is -0.312 e.